The van der Waals surface area contributed by atoms with E-state index >= 15 is 0 Å². The lowest BCUT2D eigenvalue weighted by Crippen LogP contribution is -2.45. The summed E-state index contributed by atoms with van der Waals surface area (Å²) in [7, 11) is 0. The van der Waals surface area contributed by atoms with Crippen molar-refractivity contribution in [3.8, 4) is 0 Å². The van der Waals surface area contributed by atoms with Crippen LogP contribution in [0.4, 0.5) is 0 Å². The minimum Gasteiger partial charge on any atom is -0.394 e. The molecule has 2 atom stereocenters. The minimum atomic E-state index is -0.836. The zero-order chi connectivity index (χ0) is 45.6. The van der Waals surface area contributed by atoms with Crippen molar-refractivity contribution < 1.29 is 15.0 Å². The van der Waals surface area contributed by atoms with E-state index in [2.05, 4.69) is 31.3 Å². The van der Waals surface area contributed by atoms with Gasteiger partial charge in [-0.15, -0.1) is 0 Å². The lowest BCUT2D eigenvalue weighted by molar-refractivity contribution is -0.123. The van der Waals surface area contributed by atoms with Gasteiger partial charge in [0.25, 0.3) is 0 Å². The van der Waals surface area contributed by atoms with Gasteiger partial charge in [-0.2, -0.15) is 0 Å². The van der Waals surface area contributed by atoms with Crippen LogP contribution in [0.5, 0.6) is 0 Å². The predicted molar refractivity (Wildman–Crippen MR) is 281 cm³/mol. The van der Waals surface area contributed by atoms with E-state index in [0.29, 0.717) is 6.42 Å². The summed E-state index contributed by atoms with van der Waals surface area (Å²) in [5.41, 5.74) is 0. The van der Waals surface area contributed by atoms with Gasteiger partial charge in [0.1, 0.15) is 0 Å². The normalized spacial score (nSPS) is 12.9. The fourth-order valence-electron chi connectivity index (χ4n) is 9.24. The summed E-state index contributed by atoms with van der Waals surface area (Å²) in [6.45, 7) is 4.34. The number of nitrogens with one attached hydrogen (secondary N) is 1. The smallest absolute Gasteiger partial charge is 0.220 e. The van der Waals surface area contributed by atoms with E-state index < -0.39 is 12.1 Å². The highest BCUT2D eigenvalue weighted by molar-refractivity contribution is 5.76. The monoisotopic (exact) mass is 886 g/mol. The molecule has 3 N–H and O–H groups in total. The Morgan fingerprint density at radius 3 is 0.873 bits per heavy atom. The van der Waals surface area contributed by atoms with Gasteiger partial charge in [0.2, 0.25) is 5.91 Å². The summed E-state index contributed by atoms with van der Waals surface area (Å²) in [5, 5.41) is 23.1. The van der Waals surface area contributed by atoms with Crippen LogP contribution in [-0.2, 0) is 4.79 Å². The van der Waals surface area contributed by atoms with Crippen LogP contribution in [0.2, 0.25) is 0 Å². The highest BCUT2D eigenvalue weighted by Gasteiger charge is 2.18. The Morgan fingerprint density at radius 1 is 0.365 bits per heavy atom. The average molecular weight is 887 g/mol. The van der Waals surface area contributed by atoms with Crippen molar-refractivity contribution in [1.29, 1.82) is 0 Å². The van der Waals surface area contributed by atoms with Gasteiger partial charge in [0.15, 0.2) is 0 Å². The van der Waals surface area contributed by atoms with E-state index in [-0.39, 0.29) is 12.5 Å². The molecule has 0 aromatic carbocycles. The molecule has 0 spiro atoms. The van der Waals surface area contributed by atoms with Crippen molar-refractivity contribution in [2.45, 2.75) is 341 Å². The maximum absolute atomic E-state index is 12.4. The molecule has 0 fully saturated rings. The molecule has 4 heteroatoms. The summed E-state index contributed by atoms with van der Waals surface area (Å²) in [6, 6.07) is -0.619. The standard InChI is InChI=1S/C59H115NO3/c1-3-5-7-9-11-13-15-17-19-20-21-22-23-24-25-26-27-28-29-30-31-32-33-34-35-36-37-38-39-40-41-43-45-47-49-51-53-55-59(63)60-57(56-61)58(62)54-52-50-48-46-44-42-18-16-14-12-10-8-6-4-2/h28-29,52,54,57-58,61-62H,3-27,30-51,53,55-56H2,1-2H3,(H,60,63)/b29-28-,54-52+. The summed E-state index contributed by atoms with van der Waals surface area (Å²) in [4.78, 5) is 12.4. The van der Waals surface area contributed by atoms with Crippen LogP contribution < -0.4 is 5.32 Å². The molecule has 0 saturated heterocycles. The first-order chi connectivity index (χ1) is 31.2. The average Bonchev–Trinajstić information content (AvgIpc) is 3.29. The third-order valence-electron chi connectivity index (χ3n) is 13.7. The van der Waals surface area contributed by atoms with Gasteiger partial charge in [-0.3, -0.25) is 4.79 Å². The van der Waals surface area contributed by atoms with Crippen LogP contribution in [0.3, 0.4) is 0 Å². The quantitative estimate of drug-likeness (QED) is 0.0421. The molecule has 4 nitrogen and oxygen atoms in total. The number of carbonyl (C=O) groups excluding carboxylic acids is 1. The number of amides is 1. The third kappa shape index (κ3) is 51.7. The lowest BCUT2D eigenvalue weighted by Gasteiger charge is -2.20. The molecule has 63 heavy (non-hydrogen) atoms. The van der Waals surface area contributed by atoms with Gasteiger partial charge in [-0.1, -0.05) is 301 Å². The van der Waals surface area contributed by atoms with E-state index in [1.54, 1.807) is 6.08 Å². The number of hydrogen-bond acceptors (Lipinski definition) is 3. The molecule has 1 amide bonds. The number of hydrogen-bond donors (Lipinski definition) is 3. The topological polar surface area (TPSA) is 69.6 Å². The second-order valence-corrected chi connectivity index (χ2v) is 20.1. The van der Waals surface area contributed by atoms with Crippen LogP contribution in [0.1, 0.15) is 328 Å². The van der Waals surface area contributed by atoms with Crippen molar-refractivity contribution >= 4 is 5.91 Å². The zero-order valence-electron chi connectivity index (χ0n) is 43.1. The van der Waals surface area contributed by atoms with Crippen LogP contribution in [0.15, 0.2) is 24.3 Å². The number of unbranched alkanes of at least 4 members (excludes halogenated alkanes) is 45. The minimum absolute atomic E-state index is 0.0589. The van der Waals surface area contributed by atoms with E-state index in [1.165, 1.54) is 283 Å². The van der Waals surface area contributed by atoms with Crippen molar-refractivity contribution in [2.75, 3.05) is 6.61 Å². The molecule has 0 aliphatic heterocycles. The molecule has 0 aromatic rings. The number of allylic oxidation sites excluding steroid dienone is 3. The largest absolute Gasteiger partial charge is 0.394 e. The summed E-state index contributed by atoms with van der Waals surface area (Å²) >= 11 is 0. The fraction of sp³-hybridized carbons (Fsp3) is 0.915. The third-order valence-corrected chi connectivity index (χ3v) is 13.7. The van der Waals surface area contributed by atoms with Gasteiger partial charge >= 0.3 is 0 Å². The first-order valence-electron chi connectivity index (χ1n) is 29.1. The van der Waals surface area contributed by atoms with Crippen LogP contribution in [-0.4, -0.2) is 34.9 Å². The predicted octanol–water partition coefficient (Wildman–Crippen LogP) is 19.1. The molecule has 0 aromatic heterocycles. The molecule has 0 rings (SSSR count). The molecule has 0 heterocycles. The number of rotatable bonds is 54. The zero-order valence-corrected chi connectivity index (χ0v) is 43.1. The van der Waals surface area contributed by atoms with Crippen LogP contribution in [0, 0.1) is 0 Å². The van der Waals surface area contributed by atoms with Crippen LogP contribution in [0.25, 0.3) is 0 Å². The highest BCUT2D eigenvalue weighted by Crippen LogP contribution is 2.17. The molecule has 0 aliphatic rings. The molecule has 2 unspecified atom stereocenters. The summed E-state index contributed by atoms with van der Waals surface area (Å²) < 4.78 is 0. The molecule has 374 valence electrons. The molecule has 0 saturated carbocycles. The highest BCUT2D eigenvalue weighted by atomic mass is 16.3. The summed E-state index contributed by atoms with van der Waals surface area (Å²) in [5.74, 6) is -0.0589. The van der Waals surface area contributed by atoms with Crippen molar-refractivity contribution in [1.82, 2.24) is 5.32 Å². The maximum Gasteiger partial charge on any atom is 0.220 e. The molecular formula is C59H115NO3. The van der Waals surface area contributed by atoms with E-state index in [4.69, 9.17) is 0 Å². The SMILES string of the molecule is CCCCCCCCCCCCCC/C=C/C(O)C(CO)NC(=O)CCCCCCCCCCCCCCCCCCC/C=C\CCCCCCCCCCCCCCCCCC. The van der Waals surface area contributed by atoms with E-state index in [9.17, 15) is 15.0 Å². The number of aliphatic hydroxyl groups excluding tert-OH is 2. The van der Waals surface area contributed by atoms with Gasteiger partial charge in [-0.25, -0.2) is 0 Å². The second kappa shape index (κ2) is 55.2. The fourth-order valence-corrected chi connectivity index (χ4v) is 9.24. The summed E-state index contributed by atoms with van der Waals surface area (Å²) in [6.07, 6.45) is 73.6. The Bertz CT molecular complexity index is 916. The Kier molecular flexibility index (Phi) is 54.2. The van der Waals surface area contributed by atoms with Crippen LogP contribution >= 0.6 is 0 Å². The first kappa shape index (κ1) is 61.9. The van der Waals surface area contributed by atoms with Gasteiger partial charge in [-0.05, 0) is 44.9 Å². The Labute approximate surface area is 396 Å². The maximum atomic E-state index is 12.4. The Morgan fingerprint density at radius 2 is 0.603 bits per heavy atom. The molecule has 0 bridgehead atoms. The Balaban J connectivity index is 3.39. The van der Waals surface area contributed by atoms with E-state index in [1.807, 2.05) is 6.08 Å². The molecule has 0 aliphatic carbocycles. The first-order valence-corrected chi connectivity index (χ1v) is 29.1. The van der Waals surface area contributed by atoms with E-state index in [0.717, 1.165) is 25.7 Å². The van der Waals surface area contributed by atoms with Crippen molar-refractivity contribution in [3.63, 3.8) is 0 Å². The lowest BCUT2D eigenvalue weighted by atomic mass is 10.0. The van der Waals surface area contributed by atoms with Crippen molar-refractivity contribution in [2.24, 2.45) is 0 Å². The van der Waals surface area contributed by atoms with Gasteiger partial charge < -0.3 is 15.5 Å². The second-order valence-electron chi connectivity index (χ2n) is 20.1. The number of carbonyl (C=O) groups is 1. The molecule has 0 radical (unpaired) electrons. The Hall–Kier alpha value is -1.13. The molecular weight excluding hydrogens is 771 g/mol. The van der Waals surface area contributed by atoms with Gasteiger partial charge in [0.05, 0.1) is 18.8 Å². The van der Waals surface area contributed by atoms with Crippen molar-refractivity contribution in [3.05, 3.63) is 24.3 Å². The number of aliphatic hydroxyl groups is 2. The van der Waals surface area contributed by atoms with Gasteiger partial charge in [0, 0.05) is 6.42 Å².